The van der Waals surface area contributed by atoms with Gasteiger partial charge in [-0.25, -0.2) is 4.79 Å². The quantitative estimate of drug-likeness (QED) is 0.654. The predicted octanol–water partition coefficient (Wildman–Crippen LogP) is -0.652. The summed E-state index contributed by atoms with van der Waals surface area (Å²) >= 11 is 0. The molecule has 2 saturated heterocycles. The first kappa shape index (κ1) is 15.7. The summed E-state index contributed by atoms with van der Waals surface area (Å²) in [6.45, 7) is 4.49. The molecular weight excluding hydrogens is 278 g/mol. The highest BCUT2D eigenvalue weighted by Gasteiger charge is 2.44. The highest BCUT2D eigenvalue weighted by atomic mass is 16.5. The van der Waals surface area contributed by atoms with Crippen molar-refractivity contribution >= 4 is 17.9 Å². The number of hydrogen-bond acceptors (Lipinski definition) is 5. The summed E-state index contributed by atoms with van der Waals surface area (Å²) in [5, 5.41) is 11.7. The van der Waals surface area contributed by atoms with Gasteiger partial charge in [-0.3, -0.25) is 19.4 Å². The smallest absolute Gasteiger partial charge is 0.325 e. The molecule has 2 fully saturated rings. The van der Waals surface area contributed by atoms with Crippen molar-refractivity contribution in [3.8, 4) is 0 Å². The molecule has 8 heteroatoms. The highest BCUT2D eigenvalue weighted by molar-refractivity contribution is 6.06. The molecule has 0 radical (unpaired) electrons. The van der Waals surface area contributed by atoms with E-state index in [0.717, 1.165) is 0 Å². The maximum Gasteiger partial charge on any atom is 0.325 e. The summed E-state index contributed by atoms with van der Waals surface area (Å²) in [5.41, 5.74) is -0.879. The van der Waals surface area contributed by atoms with Crippen LogP contribution in [0.5, 0.6) is 0 Å². The fourth-order valence-corrected chi connectivity index (χ4v) is 2.66. The van der Waals surface area contributed by atoms with E-state index < -0.39 is 23.5 Å². The van der Waals surface area contributed by atoms with E-state index in [9.17, 15) is 14.4 Å². The van der Waals surface area contributed by atoms with E-state index in [-0.39, 0.29) is 25.1 Å². The number of carbonyl (C=O) groups is 3. The number of urea groups is 1. The first-order valence-electron chi connectivity index (χ1n) is 6.89. The number of ether oxygens (including phenoxy) is 1. The Kier molecular flexibility index (Phi) is 4.20. The Hall–Kier alpha value is -1.67. The molecule has 0 aliphatic carbocycles. The van der Waals surface area contributed by atoms with E-state index in [1.165, 1.54) is 4.90 Å². The average Bonchev–Trinajstić information content (AvgIpc) is 2.93. The van der Waals surface area contributed by atoms with Crippen molar-refractivity contribution in [2.45, 2.75) is 25.4 Å². The number of carboxylic acid groups (broad SMARTS) is 1. The maximum absolute atomic E-state index is 12.0. The number of nitrogens with one attached hydrogen (secondary N) is 1. The third kappa shape index (κ3) is 3.01. The van der Waals surface area contributed by atoms with Gasteiger partial charge < -0.3 is 15.2 Å². The molecule has 2 atom stereocenters. The number of carbonyl (C=O) groups excluding carboxylic acids is 2. The van der Waals surface area contributed by atoms with Gasteiger partial charge in [0.1, 0.15) is 5.54 Å². The van der Waals surface area contributed by atoms with Crippen molar-refractivity contribution in [2.24, 2.45) is 5.92 Å². The number of carboxylic acids is 1. The van der Waals surface area contributed by atoms with E-state index in [1.807, 2.05) is 4.90 Å². The van der Waals surface area contributed by atoms with E-state index in [2.05, 4.69) is 5.32 Å². The number of rotatable bonds is 5. The second kappa shape index (κ2) is 5.61. The average molecular weight is 299 g/mol. The van der Waals surface area contributed by atoms with E-state index in [4.69, 9.17) is 9.84 Å². The molecule has 2 heterocycles. The van der Waals surface area contributed by atoms with Crippen LogP contribution in [0.25, 0.3) is 0 Å². The minimum absolute atomic E-state index is 0.195. The van der Waals surface area contributed by atoms with E-state index in [0.29, 0.717) is 13.2 Å². The molecule has 0 bridgehead atoms. The van der Waals surface area contributed by atoms with Crippen LogP contribution in [-0.4, -0.2) is 77.7 Å². The standard InChI is InChI=1S/C13H21N3O5/c1-13(2)11(19)16(12(20)14-13)5-4-15(3)9-7-21-6-8(9)10(17)18/h8-9H,4-7H2,1-3H3,(H,14,20)(H,17,18). The van der Waals surface area contributed by atoms with Gasteiger partial charge in [-0.1, -0.05) is 0 Å². The van der Waals surface area contributed by atoms with Gasteiger partial charge in [0.2, 0.25) is 0 Å². The third-order valence-electron chi connectivity index (χ3n) is 4.05. The van der Waals surface area contributed by atoms with Gasteiger partial charge in [0, 0.05) is 19.1 Å². The lowest BCUT2D eigenvalue weighted by Crippen LogP contribution is -2.46. The van der Waals surface area contributed by atoms with Crippen molar-refractivity contribution in [2.75, 3.05) is 33.4 Å². The Labute approximate surface area is 123 Å². The Morgan fingerprint density at radius 3 is 2.67 bits per heavy atom. The number of aliphatic carboxylic acids is 1. The SMILES string of the molecule is CN(CCN1C(=O)NC(C)(C)C1=O)C1COCC1C(=O)O. The van der Waals surface area contributed by atoms with Crippen LogP contribution in [0.15, 0.2) is 0 Å². The van der Waals surface area contributed by atoms with Gasteiger partial charge in [-0.2, -0.15) is 0 Å². The number of likely N-dealkylation sites (N-methyl/N-ethyl adjacent to an activating group) is 1. The fraction of sp³-hybridized carbons (Fsp3) is 0.769. The van der Waals surface area contributed by atoms with E-state index in [1.54, 1.807) is 20.9 Å². The molecule has 0 aromatic rings. The monoisotopic (exact) mass is 299 g/mol. The minimum Gasteiger partial charge on any atom is -0.481 e. The zero-order chi connectivity index (χ0) is 15.8. The third-order valence-corrected chi connectivity index (χ3v) is 4.05. The molecule has 0 saturated carbocycles. The number of imide groups is 1. The first-order valence-corrected chi connectivity index (χ1v) is 6.89. The second-order valence-electron chi connectivity index (χ2n) is 6.04. The summed E-state index contributed by atoms with van der Waals surface area (Å²) in [4.78, 5) is 37.9. The Morgan fingerprint density at radius 1 is 1.48 bits per heavy atom. The van der Waals surface area contributed by atoms with Crippen molar-refractivity contribution in [3.05, 3.63) is 0 Å². The van der Waals surface area contributed by atoms with Crippen LogP contribution in [-0.2, 0) is 14.3 Å². The molecule has 8 nitrogen and oxygen atoms in total. The normalized spacial score (nSPS) is 28.3. The molecule has 2 rings (SSSR count). The molecule has 2 N–H and O–H groups in total. The summed E-state index contributed by atoms with van der Waals surface area (Å²) in [7, 11) is 1.78. The lowest BCUT2D eigenvalue weighted by Gasteiger charge is -2.27. The largest absolute Gasteiger partial charge is 0.481 e. The minimum atomic E-state index is -0.888. The molecule has 0 spiro atoms. The number of amides is 3. The molecular formula is C13H21N3O5. The van der Waals surface area contributed by atoms with Crippen LogP contribution >= 0.6 is 0 Å². The predicted molar refractivity (Wildman–Crippen MR) is 72.7 cm³/mol. The van der Waals surface area contributed by atoms with Crippen LogP contribution in [0.1, 0.15) is 13.8 Å². The van der Waals surface area contributed by atoms with E-state index >= 15 is 0 Å². The van der Waals surface area contributed by atoms with Gasteiger partial charge in [0.05, 0.1) is 19.1 Å². The molecule has 3 amide bonds. The number of nitrogens with zero attached hydrogens (tertiary/aromatic N) is 2. The molecule has 2 aliphatic heterocycles. The van der Waals surface area contributed by atoms with Crippen LogP contribution in [0, 0.1) is 5.92 Å². The van der Waals surface area contributed by atoms with Crippen molar-refractivity contribution < 1.29 is 24.2 Å². The zero-order valence-electron chi connectivity index (χ0n) is 12.5. The van der Waals surface area contributed by atoms with Gasteiger partial charge in [-0.05, 0) is 20.9 Å². The first-order chi connectivity index (χ1) is 9.74. The van der Waals surface area contributed by atoms with Crippen LogP contribution in [0.2, 0.25) is 0 Å². The van der Waals surface area contributed by atoms with Crippen molar-refractivity contribution in [1.82, 2.24) is 15.1 Å². The summed E-state index contributed by atoms with van der Waals surface area (Å²) in [5.74, 6) is -1.73. The zero-order valence-corrected chi connectivity index (χ0v) is 12.5. The highest BCUT2D eigenvalue weighted by Crippen LogP contribution is 2.20. The van der Waals surface area contributed by atoms with Crippen molar-refractivity contribution in [3.63, 3.8) is 0 Å². The molecule has 0 aromatic carbocycles. The molecule has 0 aromatic heterocycles. The van der Waals surface area contributed by atoms with Gasteiger partial charge >= 0.3 is 12.0 Å². The van der Waals surface area contributed by atoms with Crippen molar-refractivity contribution in [1.29, 1.82) is 0 Å². The Morgan fingerprint density at radius 2 is 2.14 bits per heavy atom. The maximum atomic E-state index is 12.0. The lowest BCUT2D eigenvalue weighted by atomic mass is 10.0. The molecule has 2 unspecified atom stereocenters. The van der Waals surface area contributed by atoms with Crippen LogP contribution < -0.4 is 5.32 Å². The summed E-state index contributed by atoms with van der Waals surface area (Å²) in [6.07, 6.45) is 0. The fourth-order valence-electron chi connectivity index (χ4n) is 2.66. The second-order valence-corrected chi connectivity index (χ2v) is 6.04. The number of hydrogen-bond donors (Lipinski definition) is 2. The Balaban J connectivity index is 1.92. The Bertz CT molecular complexity index is 465. The van der Waals surface area contributed by atoms with Crippen LogP contribution in [0.3, 0.4) is 0 Å². The lowest BCUT2D eigenvalue weighted by molar-refractivity contribution is -0.143. The van der Waals surface area contributed by atoms with Crippen LogP contribution in [0.4, 0.5) is 4.79 Å². The summed E-state index contributed by atoms with van der Waals surface area (Å²) < 4.78 is 5.22. The summed E-state index contributed by atoms with van der Waals surface area (Å²) in [6, 6.07) is -0.646. The molecule has 21 heavy (non-hydrogen) atoms. The molecule has 2 aliphatic rings. The van der Waals surface area contributed by atoms with Gasteiger partial charge in [-0.15, -0.1) is 0 Å². The van der Waals surface area contributed by atoms with Gasteiger partial charge in [0.15, 0.2) is 0 Å². The van der Waals surface area contributed by atoms with Gasteiger partial charge in [0.25, 0.3) is 5.91 Å². The molecule has 118 valence electrons. The topological polar surface area (TPSA) is 99.2 Å².